The molecule has 0 saturated heterocycles. The SMILES string of the molecule is CCC(C)(NC(=O)Nc1c(C)cc(C)cc1Br)C(=O)O. The van der Waals surface area contributed by atoms with Crippen LogP contribution in [0.25, 0.3) is 0 Å². The predicted molar refractivity (Wildman–Crippen MR) is 82.1 cm³/mol. The zero-order valence-corrected chi connectivity index (χ0v) is 13.6. The number of urea groups is 1. The third kappa shape index (κ3) is 3.72. The first kappa shape index (κ1) is 16.5. The summed E-state index contributed by atoms with van der Waals surface area (Å²) >= 11 is 3.39. The molecule has 0 aliphatic rings. The number of aliphatic carboxylic acids is 1. The number of hydrogen-bond donors (Lipinski definition) is 3. The highest BCUT2D eigenvalue weighted by atomic mass is 79.9. The highest BCUT2D eigenvalue weighted by Gasteiger charge is 2.32. The van der Waals surface area contributed by atoms with Crippen LogP contribution in [0.1, 0.15) is 31.4 Å². The Morgan fingerprint density at radius 2 is 1.95 bits per heavy atom. The fraction of sp³-hybridized carbons (Fsp3) is 0.429. The molecule has 0 radical (unpaired) electrons. The van der Waals surface area contributed by atoms with Crippen LogP contribution in [0.4, 0.5) is 10.5 Å². The number of benzene rings is 1. The molecule has 0 aromatic heterocycles. The van der Waals surface area contributed by atoms with Gasteiger partial charge in [-0.2, -0.15) is 0 Å². The van der Waals surface area contributed by atoms with E-state index in [1.807, 2.05) is 26.0 Å². The third-order valence-corrected chi connectivity index (χ3v) is 3.86. The van der Waals surface area contributed by atoms with Gasteiger partial charge in [0.25, 0.3) is 0 Å². The Balaban J connectivity index is 2.90. The van der Waals surface area contributed by atoms with Crippen molar-refractivity contribution in [3.8, 4) is 0 Å². The minimum Gasteiger partial charge on any atom is -0.480 e. The average molecular weight is 343 g/mol. The van der Waals surface area contributed by atoms with Gasteiger partial charge in [-0.1, -0.05) is 13.0 Å². The van der Waals surface area contributed by atoms with Crippen molar-refractivity contribution >= 4 is 33.6 Å². The lowest BCUT2D eigenvalue weighted by Gasteiger charge is -2.25. The van der Waals surface area contributed by atoms with Gasteiger partial charge in [0.15, 0.2) is 0 Å². The zero-order valence-electron chi connectivity index (χ0n) is 12.0. The molecular formula is C14H19BrN2O3. The van der Waals surface area contributed by atoms with E-state index in [2.05, 4.69) is 26.6 Å². The van der Waals surface area contributed by atoms with E-state index in [4.69, 9.17) is 5.11 Å². The molecule has 1 aromatic rings. The van der Waals surface area contributed by atoms with E-state index in [1.165, 1.54) is 6.92 Å². The minimum atomic E-state index is -1.28. The lowest BCUT2D eigenvalue weighted by Crippen LogP contribution is -2.53. The number of carbonyl (C=O) groups excluding carboxylic acids is 1. The zero-order chi connectivity index (χ0) is 15.5. The molecule has 0 saturated carbocycles. The Hall–Kier alpha value is -1.56. The molecule has 110 valence electrons. The first-order chi connectivity index (χ1) is 9.19. The second-order valence-electron chi connectivity index (χ2n) is 5.01. The maximum atomic E-state index is 12.0. The Kier molecular flexibility index (Phi) is 5.16. The smallest absolute Gasteiger partial charge is 0.329 e. The lowest BCUT2D eigenvalue weighted by molar-refractivity contribution is -0.143. The molecule has 0 bridgehead atoms. The fourth-order valence-corrected chi connectivity index (χ4v) is 2.54. The monoisotopic (exact) mass is 342 g/mol. The van der Waals surface area contributed by atoms with Gasteiger partial charge in [0, 0.05) is 4.47 Å². The number of amides is 2. The van der Waals surface area contributed by atoms with Gasteiger partial charge in [0.1, 0.15) is 5.54 Å². The summed E-state index contributed by atoms with van der Waals surface area (Å²) in [6, 6.07) is 3.29. The molecule has 0 aliphatic heterocycles. The molecule has 6 heteroatoms. The van der Waals surface area contributed by atoms with Crippen molar-refractivity contribution in [2.24, 2.45) is 0 Å². The molecule has 20 heavy (non-hydrogen) atoms. The minimum absolute atomic E-state index is 0.295. The number of hydrogen-bond acceptors (Lipinski definition) is 2. The summed E-state index contributed by atoms with van der Waals surface area (Å²) in [6.45, 7) is 7.02. The van der Waals surface area contributed by atoms with Gasteiger partial charge >= 0.3 is 12.0 Å². The maximum Gasteiger partial charge on any atom is 0.329 e. The summed E-state index contributed by atoms with van der Waals surface area (Å²) in [6.07, 6.45) is 0.295. The summed E-state index contributed by atoms with van der Waals surface area (Å²) in [5, 5.41) is 14.3. The van der Waals surface area contributed by atoms with Gasteiger partial charge in [0.2, 0.25) is 0 Å². The standard InChI is InChI=1S/C14H19BrN2O3/c1-5-14(4,12(18)19)17-13(20)16-11-9(3)6-8(2)7-10(11)15/h6-7H,5H2,1-4H3,(H,18,19)(H2,16,17,20). The molecule has 0 fully saturated rings. The number of carboxylic acids is 1. The molecule has 1 atom stereocenters. The molecule has 0 aliphatic carbocycles. The van der Waals surface area contributed by atoms with E-state index in [1.54, 1.807) is 6.92 Å². The highest BCUT2D eigenvalue weighted by Crippen LogP contribution is 2.27. The van der Waals surface area contributed by atoms with Crippen molar-refractivity contribution in [3.63, 3.8) is 0 Å². The normalized spacial score (nSPS) is 13.4. The van der Waals surface area contributed by atoms with Crippen LogP contribution in [0.3, 0.4) is 0 Å². The van der Waals surface area contributed by atoms with E-state index in [0.717, 1.165) is 15.6 Å². The summed E-state index contributed by atoms with van der Waals surface area (Å²) in [5.74, 6) is -1.06. The number of rotatable bonds is 4. The van der Waals surface area contributed by atoms with Crippen molar-refractivity contribution in [3.05, 3.63) is 27.7 Å². The first-order valence-corrected chi connectivity index (χ1v) is 7.08. The second kappa shape index (κ2) is 6.26. The van der Waals surface area contributed by atoms with E-state index >= 15 is 0 Å². The van der Waals surface area contributed by atoms with E-state index < -0.39 is 17.5 Å². The Labute approximate surface area is 126 Å². The topological polar surface area (TPSA) is 78.4 Å². The molecule has 1 rings (SSSR count). The van der Waals surface area contributed by atoms with Gasteiger partial charge in [-0.15, -0.1) is 0 Å². The van der Waals surface area contributed by atoms with Gasteiger partial charge < -0.3 is 15.7 Å². The van der Waals surface area contributed by atoms with Crippen LogP contribution >= 0.6 is 15.9 Å². The maximum absolute atomic E-state index is 12.0. The van der Waals surface area contributed by atoms with Gasteiger partial charge in [0.05, 0.1) is 5.69 Å². The van der Waals surface area contributed by atoms with Crippen LogP contribution in [0, 0.1) is 13.8 Å². The van der Waals surface area contributed by atoms with Crippen molar-refractivity contribution < 1.29 is 14.7 Å². The van der Waals surface area contributed by atoms with Crippen LogP contribution in [0.15, 0.2) is 16.6 Å². The summed E-state index contributed by atoms with van der Waals surface area (Å²) in [7, 11) is 0. The summed E-state index contributed by atoms with van der Waals surface area (Å²) in [4.78, 5) is 23.1. The molecule has 3 N–H and O–H groups in total. The summed E-state index contributed by atoms with van der Waals surface area (Å²) in [5.41, 5.74) is 1.33. The Morgan fingerprint density at radius 3 is 2.40 bits per heavy atom. The number of anilines is 1. The first-order valence-electron chi connectivity index (χ1n) is 6.29. The molecule has 0 heterocycles. The summed E-state index contributed by atoms with van der Waals surface area (Å²) < 4.78 is 0.763. The van der Waals surface area contributed by atoms with Crippen LogP contribution in [0.2, 0.25) is 0 Å². The molecule has 1 aromatic carbocycles. The molecule has 5 nitrogen and oxygen atoms in total. The van der Waals surface area contributed by atoms with Crippen LogP contribution in [-0.2, 0) is 4.79 Å². The Bertz CT molecular complexity index is 522. The number of nitrogens with one attached hydrogen (secondary N) is 2. The second-order valence-corrected chi connectivity index (χ2v) is 5.86. The molecule has 0 spiro atoms. The van der Waals surface area contributed by atoms with Gasteiger partial charge in [-0.05, 0) is 60.3 Å². The van der Waals surface area contributed by atoms with Crippen LogP contribution in [0.5, 0.6) is 0 Å². The van der Waals surface area contributed by atoms with Gasteiger partial charge in [-0.25, -0.2) is 9.59 Å². The molecule has 1 unspecified atom stereocenters. The van der Waals surface area contributed by atoms with E-state index in [-0.39, 0.29) is 0 Å². The van der Waals surface area contributed by atoms with Crippen molar-refractivity contribution in [1.82, 2.24) is 5.32 Å². The van der Waals surface area contributed by atoms with Crippen LogP contribution < -0.4 is 10.6 Å². The lowest BCUT2D eigenvalue weighted by atomic mass is 10.00. The van der Waals surface area contributed by atoms with Crippen molar-refractivity contribution in [2.45, 2.75) is 39.7 Å². The molecule has 2 amide bonds. The third-order valence-electron chi connectivity index (χ3n) is 3.24. The van der Waals surface area contributed by atoms with Gasteiger partial charge in [-0.3, -0.25) is 0 Å². The number of halogens is 1. The quantitative estimate of drug-likeness (QED) is 0.784. The number of carboxylic acid groups (broad SMARTS) is 1. The predicted octanol–water partition coefficient (Wildman–Crippen LogP) is 3.44. The Morgan fingerprint density at radius 1 is 1.35 bits per heavy atom. The van der Waals surface area contributed by atoms with E-state index in [0.29, 0.717) is 12.1 Å². The van der Waals surface area contributed by atoms with Crippen molar-refractivity contribution in [1.29, 1.82) is 0 Å². The average Bonchev–Trinajstić information content (AvgIpc) is 2.33. The largest absolute Gasteiger partial charge is 0.480 e. The number of aryl methyl sites for hydroxylation is 2. The van der Waals surface area contributed by atoms with E-state index in [9.17, 15) is 9.59 Å². The number of carbonyl (C=O) groups is 2. The molecular weight excluding hydrogens is 324 g/mol. The van der Waals surface area contributed by atoms with Crippen LogP contribution in [-0.4, -0.2) is 22.6 Å². The fourth-order valence-electron chi connectivity index (χ4n) is 1.76. The van der Waals surface area contributed by atoms with Crippen molar-refractivity contribution in [2.75, 3.05) is 5.32 Å². The highest BCUT2D eigenvalue weighted by molar-refractivity contribution is 9.10.